The van der Waals surface area contributed by atoms with Crippen molar-refractivity contribution >= 4 is 11.3 Å². The number of unbranched alkanes of at least 4 members (excludes halogenated alkanes) is 1. The third kappa shape index (κ3) is 6.98. The van der Waals surface area contributed by atoms with Gasteiger partial charge in [0.05, 0.1) is 0 Å². The maximum absolute atomic E-state index is 4.57. The number of hydrogen-bond acceptors (Lipinski definition) is 3. The SMILES string of the molecule is C=C/C=C\C(=C/N(C)C(C)C)c1cncc(-c2ccc(N(C)CCCC)c(CC=C)c2)c1. The van der Waals surface area contributed by atoms with Gasteiger partial charge in [-0.05, 0) is 61.6 Å². The molecule has 0 radical (unpaired) electrons. The lowest BCUT2D eigenvalue weighted by molar-refractivity contribution is 0.377. The average molecular weight is 430 g/mol. The molecule has 0 atom stereocenters. The molecule has 0 fully saturated rings. The zero-order valence-corrected chi connectivity index (χ0v) is 20.5. The summed E-state index contributed by atoms with van der Waals surface area (Å²) in [5.41, 5.74) is 7.05. The summed E-state index contributed by atoms with van der Waals surface area (Å²) in [7, 11) is 4.27. The van der Waals surface area contributed by atoms with Crippen molar-refractivity contribution in [2.75, 3.05) is 25.5 Å². The second kappa shape index (κ2) is 12.7. The maximum atomic E-state index is 4.57. The highest BCUT2D eigenvalue weighted by Gasteiger charge is 2.10. The van der Waals surface area contributed by atoms with Gasteiger partial charge in [0, 0.05) is 62.1 Å². The quantitative estimate of drug-likeness (QED) is 0.264. The van der Waals surface area contributed by atoms with Crippen LogP contribution in [0.25, 0.3) is 16.7 Å². The van der Waals surface area contributed by atoms with E-state index in [2.05, 4.69) is 99.3 Å². The fourth-order valence-electron chi connectivity index (χ4n) is 3.48. The molecular weight excluding hydrogens is 390 g/mol. The molecule has 2 rings (SSSR count). The van der Waals surface area contributed by atoms with Gasteiger partial charge in [0.15, 0.2) is 0 Å². The summed E-state index contributed by atoms with van der Waals surface area (Å²) in [4.78, 5) is 9.12. The first kappa shape index (κ1) is 25.2. The van der Waals surface area contributed by atoms with Gasteiger partial charge >= 0.3 is 0 Å². The van der Waals surface area contributed by atoms with Crippen molar-refractivity contribution in [3.05, 3.63) is 91.4 Å². The number of nitrogens with zero attached hydrogens (tertiary/aromatic N) is 3. The van der Waals surface area contributed by atoms with Crippen LogP contribution >= 0.6 is 0 Å². The summed E-state index contributed by atoms with van der Waals surface area (Å²) < 4.78 is 0. The van der Waals surface area contributed by atoms with E-state index in [0.29, 0.717) is 6.04 Å². The molecule has 2 aromatic rings. The number of pyridine rings is 1. The van der Waals surface area contributed by atoms with E-state index < -0.39 is 0 Å². The highest BCUT2D eigenvalue weighted by atomic mass is 15.1. The number of hydrogen-bond donors (Lipinski definition) is 0. The van der Waals surface area contributed by atoms with E-state index in [1.807, 2.05) is 24.5 Å². The molecule has 0 saturated carbocycles. The van der Waals surface area contributed by atoms with Gasteiger partial charge < -0.3 is 9.80 Å². The highest BCUT2D eigenvalue weighted by molar-refractivity contribution is 5.78. The number of anilines is 1. The highest BCUT2D eigenvalue weighted by Crippen LogP contribution is 2.29. The number of rotatable bonds is 12. The largest absolute Gasteiger partial charge is 0.377 e. The summed E-state index contributed by atoms with van der Waals surface area (Å²) >= 11 is 0. The number of benzene rings is 1. The minimum Gasteiger partial charge on any atom is -0.377 e. The molecule has 0 saturated heterocycles. The van der Waals surface area contributed by atoms with Gasteiger partial charge in [-0.2, -0.15) is 0 Å². The van der Waals surface area contributed by atoms with E-state index in [1.54, 1.807) is 6.08 Å². The first-order chi connectivity index (χ1) is 15.4. The van der Waals surface area contributed by atoms with Crippen LogP contribution in [-0.2, 0) is 6.42 Å². The molecule has 0 N–H and O–H groups in total. The van der Waals surface area contributed by atoms with Gasteiger partial charge in [0.25, 0.3) is 0 Å². The van der Waals surface area contributed by atoms with E-state index in [-0.39, 0.29) is 0 Å². The monoisotopic (exact) mass is 429 g/mol. The fourth-order valence-corrected chi connectivity index (χ4v) is 3.48. The Morgan fingerprint density at radius 1 is 1.09 bits per heavy atom. The zero-order chi connectivity index (χ0) is 23.5. The first-order valence-electron chi connectivity index (χ1n) is 11.5. The van der Waals surface area contributed by atoms with E-state index >= 15 is 0 Å². The van der Waals surface area contributed by atoms with Crippen LogP contribution in [0.4, 0.5) is 5.69 Å². The standard InChI is InChI=1S/C29H39N3/c1-8-11-14-26(22-32(7)23(4)5)28-19-27(20-30-21-28)24-15-16-29(25(18-24)13-10-3)31(6)17-12-9-2/h8,10-11,14-16,18-23H,1,3,9,12-13,17H2,2,4-7H3/b14-11-,26-22+. The van der Waals surface area contributed by atoms with Crippen LogP contribution in [0.3, 0.4) is 0 Å². The molecule has 3 heteroatoms. The molecule has 0 aliphatic rings. The minimum absolute atomic E-state index is 0.414. The van der Waals surface area contributed by atoms with Crippen molar-refractivity contribution in [3.63, 3.8) is 0 Å². The van der Waals surface area contributed by atoms with Crippen molar-refractivity contribution in [3.8, 4) is 11.1 Å². The Bertz CT molecular complexity index is 953. The smallest absolute Gasteiger partial charge is 0.0399 e. The van der Waals surface area contributed by atoms with Crippen LogP contribution in [0.2, 0.25) is 0 Å². The van der Waals surface area contributed by atoms with E-state index in [9.17, 15) is 0 Å². The fraction of sp³-hybridized carbons (Fsp3) is 0.345. The summed E-state index contributed by atoms with van der Waals surface area (Å²) in [5, 5.41) is 0. The van der Waals surface area contributed by atoms with Gasteiger partial charge in [-0.25, -0.2) is 0 Å². The average Bonchev–Trinajstić information content (AvgIpc) is 2.80. The number of allylic oxidation sites excluding steroid dienone is 5. The van der Waals surface area contributed by atoms with Crippen LogP contribution in [-0.4, -0.2) is 36.6 Å². The first-order valence-corrected chi connectivity index (χ1v) is 11.5. The van der Waals surface area contributed by atoms with E-state index in [4.69, 9.17) is 0 Å². The van der Waals surface area contributed by atoms with Gasteiger partial charge in [-0.3, -0.25) is 4.98 Å². The summed E-state index contributed by atoms with van der Waals surface area (Å²) in [6.07, 6.45) is 17.1. The molecule has 0 amide bonds. The molecule has 0 spiro atoms. The lowest BCUT2D eigenvalue weighted by atomic mass is 9.98. The molecule has 0 unspecified atom stereocenters. The molecule has 1 aromatic heterocycles. The van der Waals surface area contributed by atoms with Crippen LogP contribution in [0.15, 0.2) is 80.3 Å². The summed E-state index contributed by atoms with van der Waals surface area (Å²) in [6, 6.07) is 9.35. The predicted molar refractivity (Wildman–Crippen MR) is 142 cm³/mol. The third-order valence-electron chi connectivity index (χ3n) is 5.68. The van der Waals surface area contributed by atoms with Crippen molar-refractivity contribution in [2.24, 2.45) is 0 Å². The normalized spacial score (nSPS) is 11.8. The second-order valence-corrected chi connectivity index (χ2v) is 8.51. The van der Waals surface area contributed by atoms with Crippen LogP contribution < -0.4 is 4.90 Å². The molecular formula is C29H39N3. The minimum atomic E-state index is 0.414. The van der Waals surface area contributed by atoms with Crippen LogP contribution in [0.1, 0.15) is 44.7 Å². The third-order valence-corrected chi connectivity index (χ3v) is 5.68. The van der Waals surface area contributed by atoms with Gasteiger partial charge in [0.2, 0.25) is 0 Å². The molecule has 0 aliphatic heterocycles. The molecule has 0 aliphatic carbocycles. The van der Waals surface area contributed by atoms with Crippen molar-refractivity contribution < 1.29 is 0 Å². The molecule has 3 nitrogen and oxygen atoms in total. The van der Waals surface area contributed by atoms with Gasteiger partial charge in [-0.1, -0.05) is 50.3 Å². The van der Waals surface area contributed by atoms with Gasteiger partial charge in [-0.15, -0.1) is 6.58 Å². The maximum Gasteiger partial charge on any atom is 0.0399 e. The molecule has 0 bridgehead atoms. The van der Waals surface area contributed by atoms with E-state index in [0.717, 1.165) is 29.7 Å². The topological polar surface area (TPSA) is 19.4 Å². The Morgan fingerprint density at radius 2 is 1.88 bits per heavy atom. The molecule has 1 heterocycles. The van der Waals surface area contributed by atoms with E-state index in [1.165, 1.54) is 29.7 Å². The van der Waals surface area contributed by atoms with Crippen molar-refractivity contribution in [1.82, 2.24) is 9.88 Å². The van der Waals surface area contributed by atoms with Gasteiger partial charge in [0.1, 0.15) is 0 Å². The lowest BCUT2D eigenvalue weighted by Crippen LogP contribution is -2.20. The lowest BCUT2D eigenvalue weighted by Gasteiger charge is -2.23. The zero-order valence-electron chi connectivity index (χ0n) is 20.5. The summed E-state index contributed by atoms with van der Waals surface area (Å²) in [5.74, 6) is 0. The Balaban J connectivity index is 2.47. The Kier molecular flexibility index (Phi) is 10.0. The Morgan fingerprint density at radius 3 is 2.53 bits per heavy atom. The van der Waals surface area contributed by atoms with Crippen molar-refractivity contribution in [1.29, 1.82) is 0 Å². The molecule has 32 heavy (non-hydrogen) atoms. The van der Waals surface area contributed by atoms with Crippen molar-refractivity contribution in [2.45, 2.75) is 46.1 Å². The predicted octanol–water partition coefficient (Wildman–Crippen LogP) is 7.14. The molecule has 170 valence electrons. The summed E-state index contributed by atoms with van der Waals surface area (Å²) in [6.45, 7) is 15.4. The Hall–Kier alpha value is -3.07. The number of aromatic nitrogens is 1. The Labute approximate surface area is 195 Å². The van der Waals surface area contributed by atoms with Crippen LogP contribution in [0, 0.1) is 0 Å². The van der Waals surface area contributed by atoms with Crippen LogP contribution in [0.5, 0.6) is 0 Å². The molecule has 1 aromatic carbocycles. The second-order valence-electron chi connectivity index (χ2n) is 8.51.